The molecule has 1 atom stereocenters. The predicted molar refractivity (Wildman–Crippen MR) is 65.3 cm³/mol. The molecule has 0 bridgehead atoms. The van der Waals surface area contributed by atoms with Gasteiger partial charge in [0.1, 0.15) is 0 Å². The van der Waals surface area contributed by atoms with Crippen molar-refractivity contribution in [2.45, 2.75) is 26.4 Å². The van der Waals surface area contributed by atoms with Crippen molar-refractivity contribution < 1.29 is 19.0 Å². The van der Waals surface area contributed by atoms with Gasteiger partial charge in [0.25, 0.3) is 0 Å². The number of rotatable bonds is 6. The Morgan fingerprint density at radius 2 is 1.88 bits per heavy atom. The summed E-state index contributed by atoms with van der Waals surface area (Å²) in [6.45, 7) is 4.01. The molecule has 0 spiro atoms. The summed E-state index contributed by atoms with van der Waals surface area (Å²) in [7, 11) is 3.02. The lowest BCUT2D eigenvalue weighted by molar-refractivity contribution is 0.111. The van der Waals surface area contributed by atoms with E-state index < -0.39 is 0 Å². The van der Waals surface area contributed by atoms with Crippen LogP contribution in [-0.2, 0) is 0 Å². The molecule has 94 valence electrons. The summed E-state index contributed by atoms with van der Waals surface area (Å²) in [5.41, 5.74) is 0.445. The molecule has 0 N–H and O–H groups in total. The highest BCUT2D eigenvalue weighted by Gasteiger charge is 2.17. The second kappa shape index (κ2) is 6.13. The molecular formula is C13H18O4. The highest BCUT2D eigenvalue weighted by atomic mass is 16.5. The van der Waals surface area contributed by atoms with E-state index in [-0.39, 0.29) is 6.10 Å². The number of benzene rings is 1. The highest BCUT2D eigenvalue weighted by Crippen LogP contribution is 2.39. The SMILES string of the molecule is CCC(C)Oc1ccc(C=O)c(OC)c1OC. The Morgan fingerprint density at radius 1 is 1.24 bits per heavy atom. The Bertz CT molecular complexity index is 387. The number of hydrogen-bond donors (Lipinski definition) is 0. The molecule has 0 aliphatic heterocycles. The van der Waals surface area contributed by atoms with Gasteiger partial charge in [-0.05, 0) is 25.5 Å². The summed E-state index contributed by atoms with van der Waals surface area (Å²) in [4.78, 5) is 10.9. The van der Waals surface area contributed by atoms with Crippen LogP contribution in [0.1, 0.15) is 30.6 Å². The number of carbonyl (C=O) groups is 1. The lowest BCUT2D eigenvalue weighted by atomic mass is 10.2. The van der Waals surface area contributed by atoms with E-state index in [1.54, 1.807) is 12.1 Å². The zero-order valence-corrected chi connectivity index (χ0v) is 10.6. The summed E-state index contributed by atoms with van der Waals surface area (Å²) in [5.74, 6) is 1.45. The average Bonchev–Trinajstić information content (AvgIpc) is 2.37. The van der Waals surface area contributed by atoms with E-state index in [4.69, 9.17) is 14.2 Å². The molecule has 0 radical (unpaired) electrons. The third kappa shape index (κ3) is 2.90. The predicted octanol–water partition coefficient (Wildman–Crippen LogP) is 2.69. The van der Waals surface area contributed by atoms with Crippen LogP contribution < -0.4 is 14.2 Å². The summed E-state index contributed by atoms with van der Waals surface area (Å²) >= 11 is 0. The maximum absolute atomic E-state index is 10.9. The van der Waals surface area contributed by atoms with Gasteiger partial charge in [0, 0.05) is 0 Å². The van der Waals surface area contributed by atoms with Gasteiger partial charge in [-0.2, -0.15) is 0 Å². The molecule has 0 aliphatic carbocycles. The van der Waals surface area contributed by atoms with E-state index in [1.807, 2.05) is 13.8 Å². The van der Waals surface area contributed by atoms with Crippen LogP contribution in [0.25, 0.3) is 0 Å². The standard InChI is InChI=1S/C13H18O4/c1-5-9(2)17-11-7-6-10(8-14)12(15-3)13(11)16-4/h6-9H,5H2,1-4H3. The Hall–Kier alpha value is -1.71. The molecule has 0 heterocycles. The Balaban J connectivity index is 3.18. The van der Waals surface area contributed by atoms with Gasteiger partial charge >= 0.3 is 0 Å². The molecule has 0 fully saturated rings. The fourth-order valence-electron chi connectivity index (χ4n) is 1.45. The second-order valence-electron chi connectivity index (χ2n) is 3.67. The quantitative estimate of drug-likeness (QED) is 0.715. The number of ether oxygens (including phenoxy) is 3. The number of aldehydes is 1. The molecule has 4 heteroatoms. The summed E-state index contributed by atoms with van der Waals surface area (Å²) in [6.07, 6.45) is 1.70. The summed E-state index contributed by atoms with van der Waals surface area (Å²) < 4.78 is 16.1. The highest BCUT2D eigenvalue weighted by molar-refractivity contribution is 5.82. The monoisotopic (exact) mass is 238 g/mol. The van der Waals surface area contributed by atoms with Crippen LogP contribution in [-0.4, -0.2) is 26.6 Å². The van der Waals surface area contributed by atoms with E-state index in [0.717, 1.165) is 12.7 Å². The van der Waals surface area contributed by atoms with Crippen molar-refractivity contribution in [2.75, 3.05) is 14.2 Å². The molecular weight excluding hydrogens is 220 g/mol. The molecule has 0 amide bonds. The summed E-state index contributed by atoms with van der Waals surface area (Å²) in [6, 6.07) is 3.38. The van der Waals surface area contributed by atoms with E-state index in [0.29, 0.717) is 22.8 Å². The summed E-state index contributed by atoms with van der Waals surface area (Å²) in [5, 5.41) is 0. The van der Waals surface area contributed by atoms with Gasteiger partial charge in [0.15, 0.2) is 17.8 Å². The van der Waals surface area contributed by atoms with Gasteiger partial charge in [-0.25, -0.2) is 0 Å². The zero-order valence-electron chi connectivity index (χ0n) is 10.6. The van der Waals surface area contributed by atoms with Crippen LogP contribution in [0.5, 0.6) is 17.2 Å². The van der Waals surface area contributed by atoms with Crippen molar-refractivity contribution in [1.29, 1.82) is 0 Å². The van der Waals surface area contributed by atoms with Gasteiger partial charge < -0.3 is 14.2 Å². The first kappa shape index (κ1) is 13.4. The van der Waals surface area contributed by atoms with E-state index >= 15 is 0 Å². The van der Waals surface area contributed by atoms with Crippen molar-refractivity contribution in [1.82, 2.24) is 0 Å². The van der Waals surface area contributed by atoms with Gasteiger partial charge in [-0.15, -0.1) is 0 Å². The fraction of sp³-hybridized carbons (Fsp3) is 0.462. The first-order chi connectivity index (χ1) is 8.17. The van der Waals surface area contributed by atoms with Gasteiger partial charge in [0.05, 0.1) is 25.9 Å². The normalized spacial score (nSPS) is 11.8. The third-order valence-corrected chi connectivity index (χ3v) is 2.54. The van der Waals surface area contributed by atoms with Crippen molar-refractivity contribution in [3.05, 3.63) is 17.7 Å². The number of carbonyl (C=O) groups excluding carboxylic acids is 1. The Morgan fingerprint density at radius 3 is 2.35 bits per heavy atom. The minimum Gasteiger partial charge on any atom is -0.492 e. The van der Waals surface area contributed by atoms with Crippen LogP contribution in [0.15, 0.2) is 12.1 Å². The van der Waals surface area contributed by atoms with Gasteiger partial charge in [-0.1, -0.05) is 6.92 Å². The molecule has 0 aliphatic rings. The lowest BCUT2D eigenvalue weighted by Gasteiger charge is -2.18. The molecule has 0 aromatic heterocycles. The number of hydrogen-bond acceptors (Lipinski definition) is 4. The van der Waals surface area contributed by atoms with Gasteiger partial charge in [0.2, 0.25) is 5.75 Å². The lowest BCUT2D eigenvalue weighted by Crippen LogP contribution is -2.11. The van der Waals surface area contributed by atoms with Crippen LogP contribution in [0.4, 0.5) is 0 Å². The maximum Gasteiger partial charge on any atom is 0.204 e. The van der Waals surface area contributed by atoms with Crippen LogP contribution >= 0.6 is 0 Å². The molecule has 4 nitrogen and oxygen atoms in total. The first-order valence-electron chi connectivity index (χ1n) is 5.54. The van der Waals surface area contributed by atoms with Crippen molar-refractivity contribution >= 4 is 6.29 Å². The van der Waals surface area contributed by atoms with Crippen LogP contribution in [0, 0.1) is 0 Å². The van der Waals surface area contributed by atoms with E-state index in [2.05, 4.69) is 0 Å². The van der Waals surface area contributed by atoms with E-state index in [1.165, 1.54) is 14.2 Å². The smallest absolute Gasteiger partial charge is 0.204 e. The van der Waals surface area contributed by atoms with Crippen LogP contribution in [0.2, 0.25) is 0 Å². The molecule has 1 aromatic carbocycles. The molecule has 1 aromatic rings. The minimum absolute atomic E-state index is 0.0793. The largest absolute Gasteiger partial charge is 0.492 e. The topological polar surface area (TPSA) is 44.8 Å². The molecule has 1 unspecified atom stereocenters. The molecule has 1 rings (SSSR count). The molecule has 0 saturated heterocycles. The average molecular weight is 238 g/mol. The zero-order chi connectivity index (χ0) is 12.8. The van der Waals surface area contributed by atoms with Crippen LogP contribution in [0.3, 0.4) is 0 Å². The minimum atomic E-state index is 0.0793. The number of methoxy groups -OCH3 is 2. The van der Waals surface area contributed by atoms with E-state index in [9.17, 15) is 4.79 Å². The molecule has 0 saturated carbocycles. The maximum atomic E-state index is 10.9. The van der Waals surface area contributed by atoms with Gasteiger partial charge in [-0.3, -0.25) is 4.79 Å². The fourth-order valence-corrected chi connectivity index (χ4v) is 1.45. The Labute approximate surface area is 101 Å². The van der Waals surface area contributed by atoms with Crippen molar-refractivity contribution in [3.63, 3.8) is 0 Å². The molecule has 17 heavy (non-hydrogen) atoms. The third-order valence-electron chi connectivity index (χ3n) is 2.54. The van der Waals surface area contributed by atoms with Crippen molar-refractivity contribution in [3.8, 4) is 17.2 Å². The first-order valence-corrected chi connectivity index (χ1v) is 5.54. The van der Waals surface area contributed by atoms with Crippen molar-refractivity contribution in [2.24, 2.45) is 0 Å². The second-order valence-corrected chi connectivity index (χ2v) is 3.67. The Kier molecular flexibility index (Phi) is 4.82.